The van der Waals surface area contributed by atoms with Crippen molar-refractivity contribution in [2.75, 3.05) is 0 Å². The zero-order valence-corrected chi connectivity index (χ0v) is 30.7. The summed E-state index contributed by atoms with van der Waals surface area (Å²) in [6.07, 6.45) is 8.29. The van der Waals surface area contributed by atoms with Crippen LogP contribution in [0.3, 0.4) is 0 Å². The van der Waals surface area contributed by atoms with Gasteiger partial charge in [0.1, 0.15) is 11.2 Å². The average Bonchev–Trinajstić information content (AvgIpc) is 3.65. The summed E-state index contributed by atoms with van der Waals surface area (Å²) >= 11 is 0. The van der Waals surface area contributed by atoms with Crippen LogP contribution in [-0.2, 0) is 0 Å². The van der Waals surface area contributed by atoms with Crippen LogP contribution in [0.15, 0.2) is 193 Å². The molecule has 0 amide bonds. The third kappa shape index (κ3) is 6.13. The highest BCUT2D eigenvalue weighted by Gasteiger charge is 2.16. The first-order valence-electron chi connectivity index (χ1n) is 18.9. The fourth-order valence-corrected chi connectivity index (χ4v) is 7.65. The maximum Gasteiger partial charge on any atom is 0.164 e. The van der Waals surface area contributed by atoms with Crippen molar-refractivity contribution in [2.45, 2.75) is 6.92 Å². The Balaban J connectivity index is 1.10. The summed E-state index contributed by atoms with van der Waals surface area (Å²) in [6.45, 7) is 2.02. The average molecular weight is 718 g/mol. The van der Waals surface area contributed by atoms with Crippen molar-refractivity contribution in [1.29, 1.82) is 0 Å². The second kappa shape index (κ2) is 14.1. The Kier molecular flexibility index (Phi) is 8.34. The minimum absolute atomic E-state index is 0.622. The quantitative estimate of drug-likeness (QED) is 0.154. The van der Waals surface area contributed by atoms with Crippen molar-refractivity contribution in [3.8, 4) is 56.4 Å². The second-order valence-corrected chi connectivity index (χ2v) is 14.0. The third-order valence-corrected chi connectivity index (χ3v) is 10.4. The number of nitrogens with zero attached hydrogens (tertiary/aromatic N) is 3. The van der Waals surface area contributed by atoms with Crippen molar-refractivity contribution in [3.05, 3.63) is 194 Å². The molecule has 264 valence electrons. The van der Waals surface area contributed by atoms with Gasteiger partial charge < -0.3 is 4.42 Å². The summed E-state index contributed by atoms with van der Waals surface area (Å²) in [5.41, 5.74) is 10.3. The van der Waals surface area contributed by atoms with E-state index in [1.54, 1.807) is 0 Å². The van der Waals surface area contributed by atoms with Gasteiger partial charge in [0.05, 0.1) is 0 Å². The Bertz CT molecular complexity index is 3160. The van der Waals surface area contributed by atoms with Gasteiger partial charge in [0.15, 0.2) is 17.5 Å². The number of furan rings is 1. The molecule has 2 heterocycles. The number of aromatic nitrogens is 3. The highest BCUT2D eigenvalue weighted by molar-refractivity contribution is 6.13. The lowest BCUT2D eigenvalue weighted by atomic mass is 9.96. The number of fused-ring (bicyclic) bond motifs is 5. The van der Waals surface area contributed by atoms with Crippen LogP contribution in [0.25, 0.3) is 106 Å². The highest BCUT2D eigenvalue weighted by Crippen LogP contribution is 2.38. The predicted molar refractivity (Wildman–Crippen MR) is 233 cm³/mol. The van der Waals surface area contributed by atoms with Crippen LogP contribution in [0.1, 0.15) is 12.5 Å². The molecule has 10 rings (SSSR count). The Morgan fingerprint density at radius 2 is 1.02 bits per heavy atom. The largest absolute Gasteiger partial charge is 0.456 e. The molecule has 0 aliphatic rings. The molecule has 0 saturated carbocycles. The molecule has 0 aliphatic heterocycles. The summed E-state index contributed by atoms with van der Waals surface area (Å²) in [5.74, 6) is 1.87. The van der Waals surface area contributed by atoms with Crippen LogP contribution in [0.4, 0.5) is 0 Å². The minimum atomic E-state index is 0.622. The lowest BCUT2D eigenvalue weighted by Gasteiger charge is -2.12. The van der Waals surface area contributed by atoms with Gasteiger partial charge in [-0.3, -0.25) is 0 Å². The topological polar surface area (TPSA) is 51.8 Å². The van der Waals surface area contributed by atoms with Gasteiger partial charge in [0.25, 0.3) is 0 Å². The summed E-state index contributed by atoms with van der Waals surface area (Å²) in [6, 6.07) is 59.3. The van der Waals surface area contributed by atoms with Crippen LogP contribution in [-0.4, -0.2) is 15.0 Å². The van der Waals surface area contributed by atoms with Crippen molar-refractivity contribution in [1.82, 2.24) is 15.0 Å². The molecular formula is C52H35N3O. The van der Waals surface area contributed by atoms with Crippen LogP contribution in [0.2, 0.25) is 0 Å². The van der Waals surface area contributed by atoms with Gasteiger partial charge >= 0.3 is 0 Å². The fraction of sp³-hybridized carbons (Fsp3) is 0.0192. The number of hydrogen-bond acceptors (Lipinski definition) is 4. The summed E-state index contributed by atoms with van der Waals surface area (Å²) in [5, 5.41) is 6.79. The summed E-state index contributed by atoms with van der Waals surface area (Å²) in [4.78, 5) is 15.4. The molecule has 0 spiro atoms. The van der Waals surface area contributed by atoms with E-state index in [0.717, 1.165) is 88.0 Å². The van der Waals surface area contributed by atoms with E-state index in [0.29, 0.717) is 17.5 Å². The molecule has 0 bridgehead atoms. The number of hydrogen-bond donors (Lipinski definition) is 0. The van der Waals surface area contributed by atoms with Crippen molar-refractivity contribution in [3.63, 3.8) is 0 Å². The lowest BCUT2D eigenvalue weighted by molar-refractivity contribution is 0.669. The van der Waals surface area contributed by atoms with Gasteiger partial charge in [-0.15, -0.1) is 0 Å². The van der Waals surface area contributed by atoms with Gasteiger partial charge in [0.2, 0.25) is 0 Å². The lowest BCUT2D eigenvalue weighted by Crippen LogP contribution is -2.00. The molecule has 0 saturated heterocycles. The molecule has 0 aliphatic carbocycles. The van der Waals surface area contributed by atoms with E-state index in [-0.39, 0.29) is 0 Å². The fourth-order valence-electron chi connectivity index (χ4n) is 7.65. The molecule has 0 radical (unpaired) electrons. The predicted octanol–water partition coefficient (Wildman–Crippen LogP) is 14.0. The summed E-state index contributed by atoms with van der Waals surface area (Å²) < 4.78 is 6.20. The number of allylic oxidation sites excluding steroid dienone is 3. The first kappa shape index (κ1) is 33.2. The maximum atomic E-state index is 6.20. The molecular weight excluding hydrogens is 683 g/mol. The monoisotopic (exact) mass is 717 g/mol. The maximum absolute atomic E-state index is 6.20. The van der Waals surface area contributed by atoms with Crippen LogP contribution in [0.5, 0.6) is 0 Å². The van der Waals surface area contributed by atoms with E-state index in [2.05, 4.69) is 158 Å². The second-order valence-electron chi connectivity index (χ2n) is 14.0. The van der Waals surface area contributed by atoms with Crippen LogP contribution in [0, 0.1) is 0 Å². The molecule has 0 fully saturated rings. The Hall–Kier alpha value is -7.43. The van der Waals surface area contributed by atoms with E-state index in [9.17, 15) is 0 Å². The molecule has 8 aromatic carbocycles. The molecule has 56 heavy (non-hydrogen) atoms. The number of benzene rings is 8. The van der Waals surface area contributed by atoms with E-state index in [4.69, 9.17) is 19.4 Å². The molecule has 2 aromatic heterocycles. The molecule has 0 unspecified atom stereocenters. The van der Waals surface area contributed by atoms with Crippen molar-refractivity contribution < 1.29 is 4.42 Å². The van der Waals surface area contributed by atoms with E-state index >= 15 is 0 Å². The molecule has 10 aromatic rings. The smallest absolute Gasteiger partial charge is 0.164 e. The standard InChI is InChI=1S/C52H35N3O/c1-2-3-5-15-35-16-10-17-36-24-28-43(33-46(35)36)52-54-50(41-19-11-18-37(31-41)34-13-6-4-7-14-34)53-51(55-52)42-29-26-38-30-40(27-25-39(38)32-42)44-21-12-23-48-49(44)45-20-8-9-22-47(45)56-48/h2-33H,1H3/b3-2-,15-5-. The normalized spacial score (nSPS) is 11.9. The van der Waals surface area contributed by atoms with Gasteiger partial charge in [-0.05, 0) is 92.7 Å². The summed E-state index contributed by atoms with van der Waals surface area (Å²) in [7, 11) is 0. The van der Waals surface area contributed by atoms with Crippen LogP contribution >= 0.6 is 0 Å². The van der Waals surface area contributed by atoms with Crippen molar-refractivity contribution >= 4 is 49.6 Å². The van der Waals surface area contributed by atoms with E-state index in [1.807, 2.05) is 43.3 Å². The SMILES string of the molecule is C/C=C\C=C/c1cccc2ccc(-c3nc(-c4cccc(-c5ccccc5)c4)nc(-c4ccc5cc(-c6cccc7oc8ccccc8c67)ccc5c4)n3)cc12. The first-order valence-corrected chi connectivity index (χ1v) is 18.9. The highest BCUT2D eigenvalue weighted by atomic mass is 16.3. The molecule has 0 N–H and O–H groups in total. The first-order chi connectivity index (χ1) is 27.7. The third-order valence-electron chi connectivity index (χ3n) is 10.4. The van der Waals surface area contributed by atoms with E-state index in [1.165, 1.54) is 0 Å². The van der Waals surface area contributed by atoms with Crippen LogP contribution < -0.4 is 0 Å². The molecule has 4 nitrogen and oxygen atoms in total. The zero-order valence-electron chi connectivity index (χ0n) is 30.7. The number of para-hydroxylation sites is 1. The van der Waals surface area contributed by atoms with Gasteiger partial charge in [-0.25, -0.2) is 15.0 Å². The van der Waals surface area contributed by atoms with Gasteiger partial charge in [0, 0.05) is 27.5 Å². The Morgan fingerprint density at radius 3 is 1.82 bits per heavy atom. The zero-order chi connectivity index (χ0) is 37.4. The van der Waals surface area contributed by atoms with Gasteiger partial charge in [-0.1, -0.05) is 158 Å². The molecule has 0 atom stereocenters. The minimum Gasteiger partial charge on any atom is -0.456 e. The number of rotatable bonds is 7. The van der Waals surface area contributed by atoms with Crippen molar-refractivity contribution in [2.24, 2.45) is 0 Å². The Labute approximate surface area is 324 Å². The molecule has 4 heteroatoms. The Morgan fingerprint density at radius 1 is 0.411 bits per heavy atom. The van der Waals surface area contributed by atoms with E-state index < -0.39 is 0 Å². The van der Waals surface area contributed by atoms with Gasteiger partial charge in [-0.2, -0.15) is 0 Å².